The van der Waals surface area contributed by atoms with Crippen molar-refractivity contribution in [3.05, 3.63) is 23.8 Å². The van der Waals surface area contributed by atoms with Gasteiger partial charge in [-0.2, -0.15) is 0 Å². The minimum Gasteiger partial charge on any atom is -0.480 e. The van der Waals surface area contributed by atoms with Crippen molar-refractivity contribution in [3.8, 4) is 11.5 Å². The molecule has 0 amide bonds. The Labute approximate surface area is 222 Å². The minimum absolute atomic E-state index is 0.132. The van der Waals surface area contributed by atoms with Gasteiger partial charge in [0.25, 0.3) is 0 Å². The Hall–Kier alpha value is -3.34. The number of rotatable bonds is 11. The molecule has 1 fully saturated rings. The van der Waals surface area contributed by atoms with Crippen LogP contribution in [0.2, 0.25) is 0 Å². The first-order chi connectivity index (χ1) is 17.8. The molecule has 2 rings (SSSR count). The van der Waals surface area contributed by atoms with E-state index in [1.807, 2.05) is 0 Å². The summed E-state index contributed by atoms with van der Waals surface area (Å²) in [4.78, 5) is 48.9. The zero-order valence-corrected chi connectivity index (χ0v) is 22.7. The molecule has 2 atom stereocenters. The molecule has 11 heteroatoms. The SMILES string of the molecule is CC(C)OC(=O)Oc1ccc(CC(N)(C[C@H](C)OC(=O)C2CCCCC2)C(=O)O)cc1OC(=O)OC(C)C. The van der Waals surface area contributed by atoms with Gasteiger partial charge in [0.15, 0.2) is 11.5 Å². The van der Waals surface area contributed by atoms with E-state index in [-0.39, 0.29) is 36.2 Å². The van der Waals surface area contributed by atoms with Crippen LogP contribution in [0.3, 0.4) is 0 Å². The molecule has 0 heterocycles. The van der Waals surface area contributed by atoms with Crippen molar-refractivity contribution >= 4 is 24.2 Å². The third-order valence-corrected chi connectivity index (χ3v) is 5.91. The van der Waals surface area contributed by atoms with Crippen molar-refractivity contribution < 1.29 is 48.0 Å². The first kappa shape index (κ1) is 30.9. The Morgan fingerprint density at radius 3 is 1.97 bits per heavy atom. The van der Waals surface area contributed by atoms with Gasteiger partial charge < -0.3 is 34.5 Å². The molecule has 11 nitrogen and oxygen atoms in total. The van der Waals surface area contributed by atoms with E-state index < -0.39 is 42.1 Å². The van der Waals surface area contributed by atoms with Crippen molar-refractivity contribution in [3.63, 3.8) is 0 Å². The maximum Gasteiger partial charge on any atom is 0.514 e. The highest BCUT2D eigenvalue weighted by Crippen LogP contribution is 2.32. The molecule has 212 valence electrons. The molecule has 38 heavy (non-hydrogen) atoms. The van der Waals surface area contributed by atoms with Crippen LogP contribution in [0, 0.1) is 5.92 Å². The van der Waals surface area contributed by atoms with Crippen LogP contribution in [0.4, 0.5) is 9.59 Å². The van der Waals surface area contributed by atoms with Crippen LogP contribution in [0.15, 0.2) is 18.2 Å². The van der Waals surface area contributed by atoms with Crippen molar-refractivity contribution in [1.29, 1.82) is 0 Å². The lowest BCUT2D eigenvalue weighted by atomic mass is 9.86. The van der Waals surface area contributed by atoms with Crippen LogP contribution in [0.1, 0.15) is 78.7 Å². The Morgan fingerprint density at radius 1 is 0.895 bits per heavy atom. The molecule has 1 aliphatic rings. The van der Waals surface area contributed by atoms with Crippen LogP contribution in [-0.2, 0) is 30.2 Å². The van der Waals surface area contributed by atoms with Gasteiger partial charge >= 0.3 is 24.2 Å². The number of hydrogen-bond donors (Lipinski definition) is 2. The lowest BCUT2D eigenvalue weighted by Crippen LogP contribution is -2.52. The van der Waals surface area contributed by atoms with Crippen LogP contribution < -0.4 is 15.2 Å². The highest BCUT2D eigenvalue weighted by Gasteiger charge is 2.38. The van der Waals surface area contributed by atoms with Crippen molar-refractivity contribution in [2.45, 2.75) is 103 Å². The quantitative estimate of drug-likeness (QED) is 0.227. The number of ether oxygens (including phenoxy) is 5. The van der Waals surface area contributed by atoms with E-state index in [4.69, 9.17) is 29.4 Å². The van der Waals surface area contributed by atoms with Crippen LogP contribution in [-0.4, -0.2) is 53.2 Å². The smallest absolute Gasteiger partial charge is 0.480 e. The van der Waals surface area contributed by atoms with E-state index in [1.54, 1.807) is 34.6 Å². The Kier molecular flexibility index (Phi) is 11.4. The molecule has 0 aliphatic heterocycles. The van der Waals surface area contributed by atoms with Crippen molar-refractivity contribution in [1.82, 2.24) is 0 Å². The first-order valence-corrected chi connectivity index (χ1v) is 12.9. The number of benzene rings is 1. The number of carbonyl (C=O) groups is 4. The number of carboxylic acids is 1. The Bertz CT molecular complexity index is 986. The molecule has 1 aromatic rings. The maximum atomic E-state index is 12.5. The zero-order chi connectivity index (χ0) is 28.5. The largest absolute Gasteiger partial charge is 0.514 e. The summed E-state index contributed by atoms with van der Waals surface area (Å²) in [7, 11) is 0. The van der Waals surface area contributed by atoms with E-state index >= 15 is 0 Å². The zero-order valence-electron chi connectivity index (χ0n) is 22.7. The molecular weight excluding hydrogens is 498 g/mol. The maximum absolute atomic E-state index is 12.5. The average molecular weight is 538 g/mol. The van der Waals surface area contributed by atoms with Gasteiger partial charge in [-0.25, -0.2) is 9.59 Å². The predicted molar refractivity (Wildman–Crippen MR) is 136 cm³/mol. The molecular formula is C27H39NO10. The Morgan fingerprint density at radius 2 is 1.45 bits per heavy atom. The highest BCUT2D eigenvalue weighted by atomic mass is 16.7. The number of carboxylic acid groups (broad SMARTS) is 1. The van der Waals surface area contributed by atoms with Crippen molar-refractivity contribution in [2.24, 2.45) is 11.7 Å². The normalized spacial score (nSPS) is 16.3. The molecule has 1 saturated carbocycles. The second-order valence-corrected chi connectivity index (χ2v) is 10.2. The average Bonchev–Trinajstić information content (AvgIpc) is 2.80. The summed E-state index contributed by atoms with van der Waals surface area (Å²) in [5.74, 6) is -2.12. The van der Waals surface area contributed by atoms with Gasteiger partial charge in [0.2, 0.25) is 0 Å². The molecule has 0 aromatic heterocycles. The van der Waals surface area contributed by atoms with E-state index in [2.05, 4.69) is 0 Å². The number of nitrogens with two attached hydrogens (primary N) is 1. The fourth-order valence-electron chi connectivity index (χ4n) is 4.23. The predicted octanol–water partition coefficient (Wildman–Crippen LogP) is 4.76. The molecule has 1 aromatic carbocycles. The van der Waals surface area contributed by atoms with Gasteiger partial charge in [-0.15, -0.1) is 0 Å². The second kappa shape index (κ2) is 14.0. The monoisotopic (exact) mass is 537 g/mol. The molecule has 0 spiro atoms. The third kappa shape index (κ3) is 9.85. The van der Waals surface area contributed by atoms with Gasteiger partial charge in [-0.3, -0.25) is 9.59 Å². The fraction of sp³-hybridized carbons (Fsp3) is 0.630. The summed E-state index contributed by atoms with van der Waals surface area (Å²) in [6.45, 7) is 8.16. The molecule has 1 aliphatic carbocycles. The van der Waals surface area contributed by atoms with E-state index in [1.165, 1.54) is 18.2 Å². The van der Waals surface area contributed by atoms with E-state index in [0.717, 1.165) is 32.1 Å². The summed E-state index contributed by atoms with van der Waals surface area (Å²) in [5.41, 5.74) is 4.86. The lowest BCUT2D eigenvalue weighted by molar-refractivity contribution is -0.158. The number of carbonyl (C=O) groups excluding carboxylic acids is 3. The van der Waals surface area contributed by atoms with Gasteiger partial charge in [0.05, 0.1) is 18.1 Å². The van der Waals surface area contributed by atoms with Crippen LogP contribution in [0.5, 0.6) is 11.5 Å². The van der Waals surface area contributed by atoms with Gasteiger partial charge in [-0.05, 0) is 65.2 Å². The lowest BCUT2D eigenvalue weighted by Gasteiger charge is -2.29. The van der Waals surface area contributed by atoms with Gasteiger partial charge in [0.1, 0.15) is 11.6 Å². The summed E-state index contributed by atoms with van der Waals surface area (Å²) < 4.78 is 25.9. The molecule has 0 radical (unpaired) electrons. The van der Waals surface area contributed by atoms with E-state index in [0.29, 0.717) is 5.56 Å². The topological polar surface area (TPSA) is 161 Å². The minimum atomic E-state index is -1.80. The summed E-state index contributed by atoms with van der Waals surface area (Å²) in [5, 5.41) is 9.94. The molecule has 0 saturated heterocycles. The summed E-state index contributed by atoms with van der Waals surface area (Å²) in [6, 6.07) is 4.16. The standard InChI is InChI=1S/C27H39NO10/c1-16(2)34-25(32)37-21-12-11-19(13-22(21)38-26(33)35-17(3)4)15-27(28,24(30)31)14-18(5)36-23(29)20-9-7-6-8-10-20/h11-13,16-18,20H,6-10,14-15,28H2,1-5H3,(H,30,31)/t18-,27?/m0/s1. The summed E-state index contributed by atoms with van der Waals surface area (Å²) >= 11 is 0. The van der Waals surface area contributed by atoms with Gasteiger partial charge in [0, 0.05) is 12.8 Å². The number of hydrogen-bond acceptors (Lipinski definition) is 10. The van der Waals surface area contributed by atoms with Crippen LogP contribution in [0.25, 0.3) is 0 Å². The van der Waals surface area contributed by atoms with Crippen molar-refractivity contribution in [2.75, 3.05) is 0 Å². The number of aliphatic carboxylic acids is 1. The Balaban J connectivity index is 2.21. The third-order valence-electron chi connectivity index (χ3n) is 5.91. The first-order valence-electron chi connectivity index (χ1n) is 12.9. The van der Waals surface area contributed by atoms with Gasteiger partial charge in [-0.1, -0.05) is 25.3 Å². The van der Waals surface area contributed by atoms with E-state index in [9.17, 15) is 24.3 Å². The number of esters is 1. The molecule has 1 unspecified atom stereocenters. The molecule has 3 N–H and O–H groups in total. The van der Waals surface area contributed by atoms with Crippen LogP contribution >= 0.6 is 0 Å². The second-order valence-electron chi connectivity index (χ2n) is 10.2. The highest BCUT2D eigenvalue weighted by molar-refractivity contribution is 5.79. The molecule has 0 bridgehead atoms. The summed E-state index contributed by atoms with van der Waals surface area (Å²) in [6.07, 6.45) is 0.500. The fourth-order valence-corrected chi connectivity index (χ4v) is 4.23.